The number of ether oxygens (including phenoxy) is 1. The predicted octanol–water partition coefficient (Wildman–Crippen LogP) is 0.575. The van der Waals surface area contributed by atoms with Crippen molar-refractivity contribution in [3.8, 4) is 0 Å². The summed E-state index contributed by atoms with van der Waals surface area (Å²) in [6.07, 6.45) is 0. The molecule has 0 aromatic rings. The average Bonchev–Trinajstić information content (AvgIpc) is 2.18. The number of carbonyl (C=O) groups excluding carboxylic acids is 1. The molecule has 1 saturated heterocycles. The molecule has 0 spiro atoms. The molecule has 1 aliphatic rings. The molecule has 0 atom stereocenters. The summed E-state index contributed by atoms with van der Waals surface area (Å²) in [6.45, 7) is 13.0. The van der Waals surface area contributed by atoms with Crippen molar-refractivity contribution >= 4 is 6.47 Å². The zero-order valence-electron chi connectivity index (χ0n) is 10.0. The molecule has 0 radical (unpaired) electrons. The van der Waals surface area contributed by atoms with Gasteiger partial charge in [-0.05, 0) is 20.8 Å². The Hall–Kier alpha value is -0.610. The Bertz CT molecular complexity index is 193. The van der Waals surface area contributed by atoms with E-state index in [9.17, 15) is 4.79 Å². The maximum absolute atomic E-state index is 9.98. The third-order valence-corrected chi connectivity index (χ3v) is 2.91. The van der Waals surface area contributed by atoms with Crippen molar-refractivity contribution in [3.63, 3.8) is 0 Å². The largest absolute Gasteiger partial charge is 0.467 e. The van der Waals surface area contributed by atoms with E-state index in [0.29, 0.717) is 13.1 Å². The van der Waals surface area contributed by atoms with Crippen molar-refractivity contribution in [1.29, 1.82) is 0 Å². The van der Waals surface area contributed by atoms with Gasteiger partial charge in [-0.25, -0.2) is 0 Å². The van der Waals surface area contributed by atoms with Gasteiger partial charge in [0.2, 0.25) is 0 Å². The van der Waals surface area contributed by atoms with E-state index >= 15 is 0 Å². The van der Waals surface area contributed by atoms with E-state index in [2.05, 4.69) is 30.6 Å². The molecule has 0 aromatic heterocycles. The van der Waals surface area contributed by atoms with Gasteiger partial charge in [-0.1, -0.05) is 0 Å². The van der Waals surface area contributed by atoms with Crippen LogP contribution in [0, 0.1) is 0 Å². The van der Waals surface area contributed by atoms with Crippen molar-refractivity contribution in [3.05, 3.63) is 0 Å². The highest BCUT2D eigenvalue weighted by Gasteiger charge is 2.25. The lowest BCUT2D eigenvalue weighted by Crippen LogP contribution is -2.53. The van der Waals surface area contributed by atoms with Crippen LogP contribution in [0.15, 0.2) is 0 Å². The molecule has 0 bridgehead atoms. The first-order chi connectivity index (χ1) is 7.04. The molecule has 15 heavy (non-hydrogen) atoms. The highest BCUT2D eigenvalue weighted by atomic mass is 16.5. The van der Waals surface area contributed by atoms with Crippen LogP contribution in [0.5, 0.6) is 0 Å². The third kappa shape index (κ3) is 4.18. The van der Waals surface area contributed by atoms with Crippen LogP contribution in [0.3, 0.4) is 0 Å². The second-order valence-electron chi connectivity index (χ2n) is 4.97. The van der Waals surface area contributed by atoms with Crippen LogP contribution >= 0.6 is 0 Å². The molecule has 0 aromatic carbocycles. The van der Waals surface area contributed by atoms with Crippen LogP contribution < -0.4 is 0 Å². The topological polar surface area (TPSA) is 32.8 Å². The third-order valence-electron chi connectivity index (χ3n) is 2.91. The molecule has 0 saturated carbocycles. The first kappa shape index (κ1) is 12.5. The average molecular weight is 214 g/mol. The van der Waals surface area contributed by atoms with Gasteiger partial charge in [0.15, 0.2) is 0 Å². The van der Waals surface area contributed by atoms with Gasteiger partial charge < -0.3 is 4.74 Å². The number of hydrogen-bond acceptors (Lipinski definition) is 4. The van der Waals surface area contributed by atoms with E-state index in [0.717, 1.165) is 32.7 Å². The Morgan fingerprint density at radius 1 is 1.20 bits per heavy atom. The van der Waals surface area contributed by atoms with Crippen molar-refractivity contribution in [2.75, 3.05) is 39.3 Å². The molecule has 0 aliphatic carbocycles. The summed E-state index contributed by atoms with van der Waals surface area (Å²) in [5, 5.41) is 0. The minimum Gasteiger partial charge on any atom is -0.467 e. The Labute approximate surface area is 92.2 Å². The maximum atomic E-state index is 9.98. The summed E-state index contributed by atoms with van der Waals surface area (Å²) >= 11 is 0. The molecule has 1 fully saturated rings. The molecule has 1 aliphatic heterocycles. The fourth-order valence-electron chi connectivity index (χ4n) is 1.87. The predicted molar refractivity (Wildman–Crippen MR) is 59.8 cm³/mol. The standard InChI is InChI=1S/C11H22N2O2/c1-11(2,3)13-6-4-12(5-7-13)8-9-15-10-14/h10H,4-9H2,1-3H3. The molecule has 0 N–H and O–H groups in total. The van der Waals surface area contributed by atoms with E-state index in [1.54, 1.807) is 0 Å². The highest BCUT2D eigenvalue weighted by Crippen LogP contribution is 2.15. The number of rotatable bonds is 4. The first-order valence-electron chi connectivity index (χ1n) is 5.56. The van der Waals surface area contributed by atoms with Crippen LogP contribution in [0.25, 0.3) is 0 Å². The minimum absolute atomic E-state index is 0.269. The summed E-state index contributed by atoms with van der Waals surface area (Å²) < 4.78 is 4.69. The number of hydrogen-bond donors (Lipinski definition) is 0. The fourth-order valence-corrected chi connectivity index (χ4v) is 1.87. The molecule has 0 amide bonds. The Kier molecular flexibility index (Phi) is 4.54. The smallest absolute Gasteiger partial charge is 0.293 e. The monoisotopic (exact) mass is 214 g/mol. The summed E-state index contributed by atoms with van der Waals surface area (Å²) in [7, 11) is 0. The van der Waals surface area contributed by atoms with Crippen LogP contribution in [-0.4, -0.2) is 61.1 Å². The van der Waals surface area contributed by atoms with Crippen molar-refractivity contribution in [1.82, 2.24) is 9.80 Å². The van der Waals surface area contributed by atoms with Gasteiger partial charge in [0.1, 0.15) is 6.61 Å². The van der Waals surface area contributed by atoms with Gasteiger partial charge in [0, 0.05) is 38.3 Å². The fraction of sp³-hybridized carbons (Fsp3) is 0.909. The summed E-state index contributed by atoms with van der Waals surface area (Å²) in [5.41, 5.74) is 0.269. The molecule has 4 heteroatoms. The summed E-state index contributed by atoms with van der Waals surface area (Å²) in [4.78, 5) is 14.8. The molecule has 0 unspecified atom stereocenters. The minimum atomic E-state index is 0.269. The van der Waals surface area contributed by atoms with Gasteiger partial charge >= 0.3 is 0 Å². The van der Waals surface area contributed by atoms with Crippen LogP contribution in [0.4, 0.5) is 0 Å². The van der Waals surface area contributed by atoms with Crippen molar-refractivity contribution in [2.24, 2.45) is 0 Å². The van der Waals surface area contributed by atoms with Crippen LogP contribution in [-0.2, 0) is 9.53 Å². The Morgan fingerprint density at radius 2 is 1.80 bits per heavy atom. The molecule has 1 heterocycles. The lowest BCUT2D eigenvalue weighted by molar-refractivity contribution is -0.129. The number of piperazine rings is 1. The molecular weight excluding hydrogens is 192 g/mol. The molecule has 88 valence electrons. The second-order valence-corrected chi connectivity index (χ2v) is 4.97. The summed E-state index contributed by atoms with van der Waals surface area (Å²) in [6, 6.07) is 0. The molecular formula is C11H22N2O2. The van der Waals surface area contributed by atoms with Crippen molar-refractivity contribution in [2.45, 2.75) is 26.3 Å². The lowest BCUT2D eigenvalue weighted by Gasteiger charge is -2.42. The zero-order valence-corrected chi connectivity index (χ0v) is 10.0. The van der Waals surface area contributed by atoms with Gasteiger partial charge in [0.25, 0.3) is 6.47 Å². The maximum Gasteiger partial charge on any atom is 0.293 e. The molecule has 4 nitrogen and oxygen atoms in total. The number of nitrogens with zero attached hydrogens (tertiary/aromatic N) is 2. The SMILES string of the molecule is CC(C)(C)N1CCN(CCOC=O)CC1. The van der Waals surface area contributed by atoms with Gasteiger partial charge in [-0.3, -0.25) is 14.6 Å². The lowest BCUT2D eigenvalue weighted by atomic mass is 10.1. The number of carbonyl (C=O) groups is 1. The van der Waals surface area contributed by atoms with Crippen LogP contribution in [0.1, 0.15) is 20.8 Å². The summed E-state index contributed by atoms with van der Waals surface area (Å²) in [5.74, 6) is 0. The quantitative estimate of drug-likeness (QED) is 0.506. The van der Waals surface area contributed by atoms with Gasteiger partial charge in [0.05, 0.1) is 0 Å². The Morgan fingerprint density at radius 3 is 2.27 bits per heavy atom. The van der Waals surface area contributed by atoms with Crippen molar-refractivity contribution < 1.29 is 9.53 Å². The first-order valence-corrected chi connectivity index (χ1v) is 5.56. The van der Waals surface area contributed by atoms with E-state index in [1.165, 1.54) is 0 Å². The van der Waals surface area contributed by atoms with Crippen LogP contribution in [0.2, 0.25) is 0 Å². The normalized spacial score (nSPS) is 20.2. The highest BCUT2D eigenvalue weighted by molar-refractivity contribution is 5.36. The molecule has 1 rings (SSSR count). The van der Waals surface area contributed by atoms with E-state index in [-0.39, 0.29) is 5.54 Å². The van der Waals surface area contributed by atoms with E-state index < -0.39 is 0 Å². The second kappa shape index (κ2) is 5.47. The van der Waals surface area contributed by atoms with E-state index in [4.69, 9.17) is 4.74 Å². The zero-order chi connectivity index (χ0) is 11.3. The van der Waals surface area contributed by atoms with Gasteiger partial charge in [-0.2, -0.15) is 0 Å². The van der Waals surface area contributed by atoms with E-state index in [1.807, 2.05) is 0 Å². The van der Waals surface area contributed by atoms with Gasteiger partial charge in [-0.15, -0.1) is 0 Å². The Balaban J connectivity index is 2.21.